The van der Waals surface area contributed by atoms with Gasteiger partial charge in [-0.15, -0.1) is 21.5 Å². The lowest BCUT2D eigenvalue weighted by atomic mass is 10.2. The van der Waals surface area contributed by atoms with E-state index in [1.54, 1.807) is 11.4 Å². The van der Waals surface area contributed by atoms with Gasteiger partial charge in [0, 0.05) is 11.3 Å². The molecule has 1 aliphatic carbocycles. The van der Waals surface area contributed by atoms with Crippen molar-refractivity contribution < 1.29 is 14.0 Å². The number of carbonyl (C=O) groups is 2. The van der Waals surface area contributed by atoms with Gasteiger partial charge in [0.05, 0.1) is 17.7 Å². The number of carbonyl (C=O) groups excluding carboxylic acids is 2. The SMILES string of the molecule is O=C(Cc1csc(NC(=O)c2ccccc2F)n1)Nc1nnc(C2CC2)s1. The van der Waals surface area contributed by atoms with Gasteiger partial charge in [0.25, 0.3) is 5.91 Å². The van der Waals surface area contributed by atoms with Crippen molar-refractivity contribution in [3.8, 4) is 0 Å². The van der Waals surface area contributed by atoms with Crippen molar-refractivity contribution in [3.63, 3.8) is 0 Å². The number of benzene rings is 1. The second kappa shape index (κ2) is 7.49. The Morgan fingerprint density at radius 1 is 1.15 bits per heavy atom. The van der Waals surface area contributed by atoms with Gasteiger partial charge in [-0.25, -0.2) is 9.37 Å². The maximum absolute atomic E-state index is 13.6. The molecule has 27 heavy (non-hydrogen) atoms. The summed E-state index contributed by atoms with van der Waals surface area (Å²) in [6.07, 6.45) is 2.30. The molecule has 10 heteroatoms. The van der Waals surface area contributed by atoms with Crippen LogP contribution in [0.3, 0.4) is 0 Å². The monoisotopic (exact) mass is 403 g/mol. The maximum atomic E-state index is 13.6. The number of rotatable bonds is 6. The van der Waals surface area contributed by atoms with Crippen LogP contribution in [0.4, 0.5) is 14.7 Å². The van der Waals surface area contributed by atoms with E-state index in [4.69, 9.17) is 0 Å². The molecule has 2 amide bonds. The predicted octanol–water partition coefficient (Wildman–Crippen LogP) is 3.44. The first-order valence-electron chi connectivity index (χ1n) is 8.22. The van der Waals surface area contributed by atoms with Crippen molar-refractivity contribution in [1.82, 2.24) is 15.2 Å². The number of amides is 2. The number of anilines is 2. The number of halogens is 1. The second-order valence-electron chi connectivity index (χ2n) is 6.02. The van der Waals surface area contributed by atoms with Gasteiger partial charge in [0.2, 0.25) is 11.0 Å². The molecule has 2 N–H and O–H groups in total. The first-order valence-corrected chi connectivity index (χ1v) is 9.91. The van der Waals surface area contributed by atoms with Crippen molar-refractivity contribution in [2.24, 2.45) is 0 Å². The number of hydrogen-bond donors (Lipinski definition) is 2. The van der Waals surface area contributed by atoms with Crippen LogP contribution in [-0.2, 0) is 11.2 Å². The zero-order valence-corrected chi connectivity index (χ0v) is 15.6. The standard InChI is InChI=1S/C17H14FN5O2S2/c18-12-4-2-1-3-11(12)14(25)21-16-19-10(8-26-16)7-13(24)20-17-23-22-15(27-17)9-5-6-9/h1-4,8-9H,5-7H2,(H,19,21,25)(H,20,23,24). The van der Waals surface area contributed by atoms with Crippen LogP contribution in [0.25, 0.3) is 0 Å². The minimum Gasteiger partial charge on any atom is -0.300 e. The molecule has 2 aromatic heterocycles. The molecule has 4 rings (SSSR count). The number of nitrogens with zero attached hydrogens (tertiary/aromatic N) is 3. The van der Waals surface area contributed by atoms with Crippen LogP contribution in [0, 0.1) is 5.82 Å². The third-order valence-corrected chi connectivity index (χ3v) is 5.65. The summed E-state index contributed by atoms with van der Waals surface area (Å²) in [6, 6.07) is 5.70. The normalized spacial score (nSPS) is 13.4. The van der Waals surface area contributed by atoms with E-state index in [9.17, 15) is 14.0 Å². The number of thiazole rings is 1. The van der Waals surface area contributed by atoms with Gasteiger partial charge in [0.1, 0.15) is 10.8 Å². The summed E-state index contributed by atoms with van der Waals surface area (Å²) in [5.41, 5.74) is 0.447. The molecule has 138 valence electrons. The molecular weight excluding hydrogens is 389 g/mol. The van der Waals surface area contributed by atoms with Crippen LogP contribution in [0.5, 0.6) is 0 Å². The first-order chi connectivity index (χ1) is 13.1. The molecule has 7 nitrogen and oxygen atoms in total. The minimum absolute atomic E-state index is 0.0460. The number of nitrogens with one attached hydrogen (secondary N) is 2. The fraction of sp³-hybridized carbons (Fsp3) is 0.235. The Hall–Kier alpha value is -2.72. The third kappa shape index (κ3) is 4.34. The molecule has 0 unspecified atom stereocenters. The fourth-order valence-electron chi connectivity index (χ4n) is 2.36. The van der Waals surface area contributed by atoms with Crippen molar-refractivity contribution in [1.29, 1.82) is 0 Å². The molecule has 0 radical (unpaired) electrons. The molecule has 0 aliphatic heterocycles. The topological polar surface area (TPSA) is 96.9 Å². The molecule has 3 aromatic rings. The molecule has 0 bridgehead atoms. The van der Waals surface area contributed by atoms with Crippen LogP contribution in [0.2, 0.25) is 0 Å². The Morgan fingerprint density at radius 3 is 2.74 bits per heavy atom. The van der Waals surface area contributed by atoms with Gasteiger partial charge in [-0.05, 0) is 25.0 Å². The van der Waals surface area contributed by atoms with Gasteiger partial charge >= 0.3 is 0 Å². The molecule has 0 spiro atoms. The van der Waals surface area contributed by atoms with E-state index in [-0.39, 0.29) is 17.9 Å². The van der Waals surface area contributed by atoms with Crippen LogP contribution >= 0.6 is 22.7 Å². The van der Waals surface area contributed by atoms with E-state index >= 15 is 0 Å². The van der Waals surface area contributed by atoms with Gasteiger partial charge in [-0.3, -0.25) is 14.9 Å². The van der Waals surface area contributed by atoms with Crippen molar-refractivity contribution in [2.45, 2.75) is 25.2 Å². The zero-order valence-electron chi connectivity index (χ0n) is 13.9. The predicted molar refractivity (Wildman–Crippen MR) is 101 cm³/mol. The van der Waals surface area contributed by atoms with Crippen molar-refractivity contribution in [2.75, 3.05) is 10.6 Å². The van der Waals surface area contributed by atoms with E-state index < -0.39 is 11.7 Å². The fourth-order valence-corrected chi connectivity index (χ4v) is 4.00. The Labute approximate surface area is 161 Å². The highest BCUT2D eigenvalue weighted by Gasteiger charge is 2.27. The Morgan fingerprint density at radius 2 is 1.96 bits per heavy atom. The van der Waals surface area contributed by atoms with Gasteiger partial charge in [-0.1, -0.05) is 23.5 Å². The van der Waals surface area contributed by atoms with Crippen molar-refractivity contribution in [3.05, 3.63) is 51.7 Å². The maximum Gasteiger partial charge on any atom is 0.260 e. The van der Waals surface area contributed by atoms with E-state index in [0.717, 1.165) is 17.8 Å². The molecule has 0 saturated heterocycles. The van der Waals surface area contributed by atoms with Crippen molar-refractivity contribution >= 4 is 44.8 Å². The molecule has 1 fully saturated rings. The highest BCUT2D eigenvalue weighted by atomic mass is 32.1. The summed E-state index contributed by atoms with van der Waals surface area (Å²) >= 11 is 2.56. The average Bonchev–Trinajstić information content (AvgIpc) is 3.24. The zero-order chi connectivity index (χ0) is 18.8. The summed E-state index contributed by atoms with van der Waals surface area (Å²) in [4.78, 5) is 28.4. The summed E-state index contributed by atoms with van der Waals surface area (Å²) in [5, 5.41) is 16.7. The highest BCUT2D eigenvalue weighted by Crippen LogP contribution is 2.42. The summed E-state index contributed by atoms with van der Waals surface area (Å²) in [6.45, 7) is 0. The van der Waals surface area contributed by atoms with E-state index in [1.165, 1.54) is 40.9 Å². The first kappa shape index (κ1) is 17.7. The van der Waals surface area contributed by atoms with Gasteiger partial charge in [0.15, 0.2) is 5.13 Å². The smallest absolute Gasteiger partial charge is 0.260 e. The highest BCUT2D eigenvalue weighted by molar-refractivity contribution is 7.15. The average molecular weight is 403 g/mol. The molecule has 1 aromatic carbocycles. The largest absolute Gasteiger partial charge is 0.300 e. The molecular formula is C17H14FN5O2S2. The van der Waals surface area contributed by atoms with Gasteiger partial charge < -0.3 is 5.32 Å². The number of hydrogen-bond acceptors (Lipinski definition) is 7. The Bertz CT molecular complexity index is 999. The quantitative estimate of drug-likeness (QED) is 0.657. The molecule has 2 heterocycles. The summed E-state index contributed by atoms with van der Waals surface area (Å²) in [7, 11) is 0. The van der Waals surface area contributed by atoms with Crippen LogP contribution in [0.15, 0.2) is 29.6 Å². The van der Waals surface area contributed by atoms with Crippen LogP contribution in [0.1, 0.15) is 39.8 Å². The molecule has 1 saturated carbocycles. The lowest BCUT2D eigenvalue weighted by Gasteiger charge is -2.02. The van der Waals surface area contributed by atoms with E-state index in [2.05, 4.69) is 25.8 Å². The summed E-state index contributed by atoms with van der Waals surface area (Å²) in [5.74, 6) is -0.952. The summed E-state index contributed by atoms with van der Waals surface area (Å²) < 4.78 is 13.6. The molecule has 0 atom stereocenters. The Kier molecular flexibility index (Phi) is 4.90. The molecule has 1 aliphatic rings. The third-order valence-electron chi connectivity index (χ3n) is 3.85. The second-order valence-corrected chi connectivity index (χ2v) is 7.89. The van der Waals surface area contributed by atoms with Gasteiger partial charge in [-0.2, -0.15) is 0 Å². The van der Waals surface area contributed by atoms with E-state index in [0.29, 0.717) is 21.9 Å². The minimum atomic E-state index is -0.603. The lowest BCUT2D eigenvalue weighted by molar-refractivity contribution is -0.115. The lowest BCUT2D eigenvalue weighted by Crippen LogP contribution is -2.15. The number of aromatic nitrogens is 3. The van der Waals surface area contributed by atoms with Crippen LogP contribution < -0.4 is 10.6 Å². The van der Waals surface area contributed by atoms with Crippen LogP contribution in [-0.4, -0.2) is 27.0 Å². The Balaban J connectivity index is 1.33. The van der Waals surface area contributed by atoms with E-state index in [1.807, 2.05) is 0 Å².